The maximum atomic E-state index is 11.1. The third-order valence-corrected chi connectivity index (χ3v) is 4.66. The largest absolute Gasteiger partial charge is 0.709 e. The summed E-state index contributed by atoms with van der Waals surface area (Å²) >= 11 is 5.57. The molecule has 0 aliphatic rings. The number of halogens is 1. The van der Waals surface area contributed by atoms with Gasteiger partial charge in [-0.1, -0.05) is 12.2 Å². The highest BCUT2D eigenvalue weighted by Crippen LogP contribution is 2.22. The van der Waals surface area contributed by atoms with E-state index in [1.54, 1.807) is 0 Å². The molecular weight excluding hydrogens is 280 g/mol. The summed E-state index contributed by atoms with van der Waals surface area (Å²) in [5, 5.41) is 0. The molecule has 0 aliphatic heterocycles. The molecule has 18 heavy (non-hydrogen) atoms. The van der Waals surface area contributed by atoms with Crippen LogP contribution in [0.1, 0.15) is 20.8 Å². The van der Waals surface area contributed by atoms with Crippen molar-refractivity contribution in [3.8, 4) is 0 Å². The summed E-state index contributed by atoms with van der Waals surface area (Å²) in [6, 6.07) is -0.0881. The zero-order valence-corrected chi connectivity index (χ0v) is 12.2. The van der Waals surface area contributed by atoms with Crippen LogP contribution in [0.5, 0.6) is 0 Å². The van der Waals surface area contributed by atoms with Crippen LogP contribution in [0.2, 0.25) is 6.04 Å². The van der Waals surface area contributed by atoms with Crippen molar-refractivity contribution < 1.29 is 27.7 Å². The van der Waals surface area contributed by atoms with Gasteiger partial charge in [0.25, 0.3) is 17.9 Å². The van der Waals surface area contributed by atoms with Crippen LogP contribution >= 0.6 is 11.6 Å². The van der Waals surface area contributed by atoms with E-state index in [2.05, 4.69) is 6.58 Å². The smallest absolute Gasteiger partial charge is 0.455 e. The Morgan fingerprint density at radius 2 is 1.33 bits per heavy atom. The van der Waals surface area contributed by atoms with E-state index in [9.17, 15) is 14.4 Å². The lowest BCUT2D eigenvalue weighted by molar-refractivity contribution is -0.147. The number of carbonyl (C=O) groups is 3. The fraction of sp³-hybridized carbons (Fsp3) is 0.500. The van der Waals surface area contributed by atoms with Gasteiger partial charge >= 0.3 is 8.80 Å². The van der Waals surface area contributed by atoms with Crippen molar-refractivity contribution in [1.82, 2.24) is 0 Å². The topological polar surface area (TPSA) is 78.9 Å². The Hall–Kier alpha value is -1.34. The van der Waals surface area contributed by atoms with E-state index in [-0.39, 0.29) is 11.9 Å². The molecule has 0 radical (unpaired) electrons. The lowest BCUT2D eigenvalue weighted by Gasteiger charge is -2.26. The maximum absolute atomic E-state index is 11.1. The average Bonchev–Trinajstić information content (AvgIpc) is 2.12. The molecule has 0 amide bonds. The van der Waals surface area contributed by atoms with Gasteiger partial charge in [-0.15, -0.1) is 11.6 Å². The Bertz CT molecular complexity index is 327. The quantitative estimate of drug-likeness (QED) is 0.419. The molecule has 8 heteroatoms. The summed E-state index contributed by atoms with van der Waals surface area (Å²) in [6.07, 6.45) is 0. The molecule has 0 heterocycles. The summed E-state index contributed by atoms with van der Waals surface area (Å²) in [6.45, 7) is 6.98. The van der Waals surface area contributed by atoms with Crippen LogP contribution < -0.4 is 0 Å². The summed E-state index contributed by atoms with van der Waals surface area (Å²) < 4.78 is 14.8. The number of hydrogen-bond acceptors (Lipinski definition) is 6. The summed E-state index contributed by atoms with van der Waals surface area (Å²) in [4.78, 5) is 33.2. The van der Waals surface area contributed by atoms with Gasteiger partial charge in [-0.05, 0) is 0 Å². The predicted molar refractivity (Wildman–Crippen MR) is 65.7 cm³/mol. The molecule has 0 aromatic rings. The molecule has 0 saturated heterocycles. The normalized spacial score (nSPS) is 10.4. The van der Waals surface area contributed by atoms with Crippen molar-refractivity contribution in [2.75, 3.05) is 5.88 Å². The standard InChI is InChI=1S/C10H15ClO6Si/c1-7(5-11)6-18(15-8(2)12,16-9(3)13)17-10(4)14/h1,5-6H2,2-4H3. The number of alkyl halides is 1. The molecule has 0 aliphatic carbocycles. The first kappa shape index (κ1) is 16.7. The minimum atomic E-state index is -3.80. The Labute approximate surface area is 111 Å². The molecule has 0 spiro atoms. The second-order valence-corrected chi connectivity index (χ2v) is 6.12. The molecule has 0 bridgehead atoms. The first-order valence-corrected chi connectivity index (χ1v) is 7.48. The van der Waals surface area contributed by atoms with Gasteiger partial charge < -0.3 is 13.3 Å². The van der Waals surface area contributed by atoms with E-state index in [1.165, 1.54) is 0 Å². The molecule has 0 atom stereocenters. The number of allylic oxidation sites excluding steroid dienone is 1. The second kappa shape index (κ2) is 7.17. The fourth-order valence-electron chi connectivity index (χ4n) is 1.18. The Morgan fingerprint density at radius 1 is 1.00 bits per heavy atom. The van der Waals surface area contributed by atoms with Gasteiger partial charge in [0.1, 0.15) is 0 Å². The van der Waals surface area contributed by atoms with Crippen LogP contribution in [0, 0.1) is 0 Å². The number of carbonyl (C=O) groups excluding carboxylic acids is 3. The molecular formula is C10H15ClO6Si. The third-order valence-electron chi connectivity index (χ3n) is 1.55. The lowest BCUT2D eigenvalue weighted by atomic mass is 10.4. The Morgan fingerprint density at radius 3 is 1.56 bits per heavy atom. The average molecular weight is 295 g/mol. The molecule has 0 unspecified atom stereocenters. The zero-order valence-electron chi connectivity index (χ0n) is 10.4. The van der Waals surface area contributed by atoms with Crippen molar-refractivity contribution >= 4 is 38.3 Å². The van der Waals surface area contributed by atoms with Crippen molar-refractivity contribution in [1.29, 1.82) is 0 Å². The molecule has 0 rings (SSSR count). The monoisotopic (exact) mass is 294 g/mol. The van der Waals surface area contributed by atoms with Gasteiger partial charge in [0.2, 0.25) is 0 Å². The van der Waals surface area contributed by atoms with E-state index in [1.807, 2.05) is 0 Å². The molecule has 0 fully saturated rings. The van der Waals surface area contributed by atoms with Crippen LogP contribution in [0.4, 0.5) is 0 Å². The van der Waals surface area contributed by atoms with E-state index >= 15 is 0 Å². The van der Waals surface area contributed by atoms with E-state index in [0.717, 1.165) is 20.8 Å². The van der Waals surface area contributed by atoms with Crippen molar-refractivity contribution in [3.05, 3.63) is 12.2 Å². The third kappa shape index (κ3) is 6.41. The summed E-state index contributed by atoms with van der Waals surface area (Å²) in [7, 11) is -3.80. The highest BCUT2D eigenvalue weighted by Gasteiger charge is 2.52. The molecule has 0 N–H and O–H groups in total. The minimum absolute atomic E-state index is 0.0680. The van der Waals surface area contributed by atoms with E-state index in [0.29, 0.717) is 5.57 Å². The van der Waals surface area contributed by atoms with E-state index < -0.39 is 26.7 Å². The van der Waals surface area contributed by atoms with Crippen LogP contribution in [-0.4, -0.2) is 32.6 Å². The maximum Gasteiger partial charge on any atom is 0.709 e. The van der Waals surface area contributed by atoms with Gasteiger partial charge in [-0.3, -0.25) is 14.4 Å². The zero-order chi connectivity index (χ0) is 14.3. The summed E-state index contributed by atoms with van der Waals surface area (Å²) in [5.41, 5.74) is 0.437. The van der Waals surface area contributed by atoms with Gasteiger partial charge in [-0.2, -0.15) is 0 Å². The van der Waals surface area contributed by atoms with Gasteiger partial charge in [0, 0.05) is 26.7 Å². The van der Waals surface area contributed by atoms with Crippen LogP contribution in [-0.2, 0) is 27.7 Å². The van der Waals surface area contributed by atoms with Crippen LogP contribution in [0.3, 0.4) is 0 Å². The van der Waals surface area contributed by atoms with E-state index in [4.69, 9.17) is 24.9 Å². The van der Waals surface area contributed by atoms with Gasteiger partial charge in [0.15, 0.2) is 0 Å². The minimum Gasteiger partial charge on any atom is -0.455 e. The van der Waals surface area contributed by atoms with Gasteiger partial charge in [-0.25, -0.2) is 0 Å². The SMILES string of the molecule is C=C(CCl)C[Si](OC(C)=O)(OC(C)=O)OC(C)=O. The Balaban J connectivity index is 5.21. The van der Waals surface area contributed by atoms with Crippen molar-refractivity contribution in [2.45, 2.75) is 26.8 Å². The first-order chi connectivity index (χ1) is 8.20. The Kier molecular flexibility index (Phi) is 6.64. The molecule has 0 aromatic carbocycles. The summed E-state index contributed by atoms with van der Waals surface area (Å²) in [5.74, 6) is -2.08. The first-order valence-electron chi connectivity index (χ1n) is 5.02. The van der Waals surface area contributed by atoms with Crippen LogP contribution in [0.25, 0.3) is 0 Å². The lowest BCUT2D eigenvalue weighted by Crippen LogP contribution is -2.49. The van der Waals surface area contributed by atoms with Crippen molar-refractivity contribution in [3.63, 3.8) is 0 Å². The molecule has 0 saturated carbocycles. The predicted octanol–water partition coefficient (Wildman–Crippen LogP) is 1.41. The fourth-order valence-corrected chi connectivity index (χ4v) is 3.83. The second-order valence-electron chi connectivity index (χ2n) is 3.52. The van der Waals surface area contributed by atoms with Crippen molar-refractivity contribution in [2.24, 2.45) is 0 Å². The number of rotatable bonds is 6. The van der Waals surface area contributed by atoms with Crippen LogP contribution in [0.15, 0.2) is 12.2 Å². The molecule has 6 nitrogen and oxygen atoms in total. The highest BCUT2D eigenvalue weighted by atomic mass is 35.5. The molecule has 0 aromatic heterocycles. The highest BCUT2D eigenvalue weighted by molar-refractivity contribution is 6.66. The van der Waals surface area contributed by atoms with Gasteiger partial charge in [0.05, 0.1) is 6.04 Å². The molecule has 102 valence electrons. The number of hydrogen-bond donors (Lipinski definition) is 0.